The molecule has 2 aromatic rings. The maximum Gasteiger partial charge on any atom is 0.322 e. The number of benzene rings is 2. The van der Waals surface area contributed by atoms with Crippen LogP contribution in [0.5, 0.6) is 11.5 Å². The van der Waals surface area contributed by atoms with Gasteiger partial charge >= 0.3 is 6.03 Å². The minimum absolute atomic E-state index is 0.414. The van der Waals surface area contributed by atoms with Crippen LogP contribution in [0.15, 0.2) is 36.4 Å². The predicted octanol–water partition coefficient (Wildman–Crippen LogP) is 3.34. The molecule has 1 saturated heterocycles. The van der Waals surface area contributed by atoms with Crippen molar-refractivity contribution < 1.29 is 23.0 Å². The van der Waals surface area contributed by atoms with E-state index in [2.05, 4.69) is 10.2 Å². The van der Waals surface area contributed by atoms with Crippen molar-refractivity contribution in [3.8, 4) is 11.5 Å². The number of anilines is 2. The van der Waals surface area contributed by atoms with Crippen molar-refractivity contribution >= 4 is 17.4 Å². The molecule has 2 amide bonds. The fraction of sp³-hybridized carbons (Fsp3) is 0.316. The summed E-state index contributed by atoms with van der Waals surface area (Å²) in [6, 6.07) is 8.48. The second-order valence-electron chi connectivity index (χ2n) is 6.04. The topological polar surface area (TPSA) is 54.0 Å². The Morgan fingerprint density at radius 2 is 1.67 bits per heavy atom. The number of carbonyl (C=O) groups excluding carboxylic acids is 1. The van der Waals surface area contributed by atoms with Gasteiger partial charge in [-0.2, -0.15) is 0 Å². The molecule has 3 rings (SSSR count). The van der Waals surface area contributed by atoms with Crippen molar-refractivity contribution in [3.63, 3.8) is 0 Å². The molecule has 1 aliphatic heterocycles. The van der Waals surface area contributed by atoms with E-state index in [0.717, 1.165) is 17.8 Å². The Kier molecular flexibility index (Phi) is 5.63. The average molecular weight is 377 g/mol. The highest BCUT2D eigenvalue weighted by molar-refractivity contribution is 5.89. The van der Waals surface area contributed by atoms with E-state index in [1.165, 1.54) is 11.0 Å². The zero-order valence-electron chi connectivity index (χ0n) is 15.2. The normalized spacial score (nSPS) is 14.1. The van der Waals surface area contributed by atoms with Crippen LogP contribution in [0.3, 0.4) is 0 Å². The highest BCUT2D eigenvalue weighted by Crippen LogP contribution is 2.32. The van der Waals surface area contributed by atoms with E-state index in [-0.39, 0.29) is 0 Å². The number of halogens is 2. The minimum atomic E-state index is -0.801. The van der Waals surface area contributed by atoms with E-state index in [9.17, 15) is 13.6 Å². The number of urea groups is 1. The number of rotatable bonds is 4. The summed E-state index contributed by atoms with van der Waals surface area (Å²) in [6.45, 7) is 1.96. The number of para-hydroxylation sites is 1. The van der Waals surface area contributed by atoms with Crippen LogP contribution in [-0.2, 0) is 0 Å². The molecule has 0 spiro atoms. The number of hydrogen-bond acceptors (Lipinski definition) is 4. The maximum absolute atomic E-state index is 13.7. The summed E-state index contributed by atoms with van der Waals surface area (Å²) in [4.78, 5) is 16.0. The number of carbonyl (C=O) groups is 1. The monoisotopic (exact) mass is 377 g/mol. The van der Waals surface area contributed by atoms with Gasteiger partial charge in [-0.05, 0) is 24.3 Å². The lowest BCUT2D eigenvalue weighted by molar-refractivity contribution is 0.208. The number of nitrogens with zero attached hydrogens (tertiary/aromatic N) is 2. The van der Waals surface area contributed by atoms with Gasteiger partial charge < -0.3 is 24.6 Å². The Hall–Kier alpha value is -3.03. The van der Waals surface area contributed by atoms with Crippen LogP contribution in [0.2, 0.25) is 0 Å². The van der Waals surface area contributed by atoms with E-state index in [1.807, 2.05) is 12.1 Å². The van der Waals surface area contributed by atoms with Crippen LogP contribution in [0, 0.1) is 11.6 Å². The first kappa shape index (κ1) is 18.8. The number of ether oxygens (including phenoxy) is 2. The number of methoxy groups -OCH3 is 2. The zero-order valence-corrected chi connectivity index (χ0v) is 15.2. The molecule has 27 heavy (non-hydrogen) atoms. The van der Waals surface area contributed by atoms with Gasteiger partial charge in [-0.15, -0.1) is 0 Å². The van der Waals surface area contributed by atoms with Gasteiger partial charge in [0.1, 0.15) is 28.8 Å². The molecule has 0 aromatic heterocycles. The molecule has 0 radical (unpaired) electrons. The second kappa shape index (κ2) is 8.11. The first-order chi connectivity index (χ1) is 13.0. The summed E-state index contributed by atoms with van der Waals surface area (Å²) in [5, 5.41) is 2.32. The first-order valence-electron chi connectivity index (χ1n) is 8.50. The highest BCUT2D eigenvalue weighted by atomic mass is 19.1. The lowest BCUT2D eigenvalue weighted by Gasteiger charge is -2.36. The molecule has 144 valence electrons. The van der Waals surface area contributed by atoms with E-state index in [0.29, 0.717) is 37.7 Å². The molecule has 6 nitrogen and oxygen atoms in total. The van der Waals surface area contributed by atoms with E-state index in [1.54, 1.807) is 20.3 Å². The van der Waals surface area contributed by atoms with Gasteiger partial charge in [-0.1, -0.05) is 6.07 Å². The molecule has 2 aromatic carbocycles. The Morgan fingerprint density at radius 3 is 2.26 bits per heavy atom. The smallest absolute Gasteiger partial charge is 0.322 e. The summed E-state index contributed by atoms with van der Waals surface area (Å²) in [5.41, 5.74) is 0.472. The van der Waals surface area contributed by atoms with Crippen molar-refractivity contribution in [1.29, 1.82) is 0 Å². The first-order valence-corrected chi connectivity index (χ1v) is 8.50. The molecule has 0 bridgehead atoms. The van der Waals surface area contributed by atoms with Crippen LogP contribution in [0.4, 0.5) is 25.0 Å². The third-order valence-corrected chi connectivity index (χ3v) is 4.49. The third-order valence-electron chi connectivity index (χ3n) is 4.49. The average Bonchev–Trinajstić information content (AvgIpc) is 2.70. The molecular weight excluding hydrogens is 356 g/mol. The van der Waals surface area contributed by atoms with Gasteiger partial charge in [0.05, 0.1) is 19.9 Å². The lowest BCUT2D eigenvalue weighted by atomic mass is 10.2. The largest absolute Gasteiger partial charge is 0.497 e. The van der Waals surface area contributed by atoms with E-state index in [4.69, 9.17) is 9.47 Å². The van der Waals surface area contributed by atoms with Gasteiger partial charge in [0, 0.05) is 32.2 Å². The molecule has 1 N–H and O–H groups in total. The van der Waals surface area contributed by atoms with Crippen molar-refractivity contribution in [2.24, 2.45) is 0 Å². The van der Waals surface area contributed by atoms with Gasteiger partial charge in [-0.3, -0.25) is 0 Å². The standard InChI is InChI=1S/C19H21F2N3O3/c1-26-13-6-7-16(17(12-13)27-2)23-8-10-24(11-9-23)19(25)22-18-14(20)4-3-5-15(18)21/h3-7,12H,8-11H2,1-2H3,(H,22,25). The summed E-state index contributed by atoms with van der Waals surface area (Å²) >= 11 is 0. The van der Waals surface area contributed by atoms with Crippen LogP contribution < -0.4 is 19.7 Å². The summed E-state index contributed by atoms with van der Waals surface area (Å²) < 4.78 is 38.0. The van der Waals surface area contributed by atoms with Crippen LogP contribution in [-0.4, -0.2) is 51.3 Å². The van der Waals surface area contributed by atoms with Crippen molar-refractivity contribution in [1.82, 2.24) is 4.90 Å². The number of piperazine rings is 1. The predicted molar refractivity (Wildman–Crippen MR) is 98.7 cm³/mol. The number of amides is 2. The Bertz CT molecular complexity index is 804. The maximum atomic E-state index is 13.7. The zero-order chi connectivity index (χ0) is 19.4. The van der Waals surface area contributed by atoms with Crippen LogP contribution in [0.25, 0.3) is 0 Å². The van der Waals surface area contributed by atoms with Gasteiger partial charge in [0.15, 0.2) is 0 Å². The van der Waals surface area contributed by atoms with Gasteiger partial charge in [-0.25, -0.2) is 13.6 Å². The van der Waals surface area contributed by atoms with Gasteiger partial charge in [0.2, 0.25) is 0 Å². The van der Waals surface area contributed by atoms with E-state index >= 15 is 0 Å². The minimum Gasteiger partial charge on any atom is -0.497 e. The fourth-order valence-electron chi connectivity index (χ4n) is 3.00. The number of hydrogen-bond donors (Lipinski definition) is 1. The molecular formula is C19H21F2N3O3. The van der Waals surface area contributed by atoms with Crippen molar-refractivity contribution in [3.05, 3.63) is 48.0 Å². The Labute approximate surface area is 156 Å². The molecule has 8 heteroatoms. The summed E-state index contributed by atoms with van der Waals surface area (Å²) in [7, 11) is 3.18. The highest BCUT2D eigenvalue weighted by Gasteiger charge is 2.24. The Balaban J connectivity index is 1.64. The molecule has 0 unspecified atom stereocenters. The summed E-state index contributed by atoms with van der Waals surface area (Å²) in [6.07, 6.45) is 0. The van der Waals surface area contributed by atoms with Crippen molar-refractivity contribution in [2.75, 3.05) is 50.6 Å². The second-order valence-corrected chi connectivity index (χ2v) is 6.04. The molecule has 1 fully saturated rings. The van der Waals surface area contributed by atoms with Gasteiger partial charge in [0.25, 0.3) is 0 Å². The molecule has 1 aliphatic rings. The number of nitrogens with one attached hydrogen (secondary N) is 1. The van der Waals surface area contributed by atoms with Crippen molar-refractivity contribution in [2.45, 2.75) is 0 Å². The molecule has 0 saturated carbocycles. The van der Waals surface area contributed by atoms with Crippen LogP contribution >= 0.6 is 0 Å². The summed E-state index contributed by atoms with van der Waals surface area (Å²) in [5.74, 6) is -0.226. The third kappa shape index (κ3) is 4.05. The van der Waals surface area contributed by atoms with E-state index < -0.39 is 23.4 Å². The van der Waals surface area contributed by atoms with Crippen LogP contribution in [0.1, 0.15) is 0 Å². The lowest BCUT2D eigenvalue weighted by Crippen LogP contribution is -2.50. The Morgan fingerprint density at radius 1 is 1.00 bits per heavy atom. The quantitative estimate of drug-likeness (QED) is 0.888. The molecule has 1 heterocycles. The SMILES string of the molecule is COc1ccc(N2CCN(C(=O)Nc3c(F)cccc3F)CC2)c(OC)c1. The molecule has 0 aliphatic carbocycles. The fourth-order valence-corrected chi connectivity index (χ4v) is 3.00. The molecule has 0 atom stereocenters.